The van der Waals surface area contributed by atoms with Crippen molar-refractivity contribution in [3.05, 3.63) is 77.7 Å². The third kappa shape index (κ3) is 5.28. The number of aromatic nitrogens is 3. The molecule has 0 aliphatic carbocycles. The van der Waals surface area contributed by atoms with Gasteiger partial charge in [0, 0.05) is 16.3 Å². The Labute approximate surface area is 188 Å². The van der Waals surface area contributed by atoms with Crippen LogP contribution in [0.3, 0.4) is 0 Å². The van der Waals surface area contributed by atoms with Crippen LogP contribution in [-0.4, -0.2) is 33.5 Å². The Hall–Kier alpha value is -3.23. The average Bonchev–Trinajstić information content (AvgIpc) is 3.43. The topological polar surface area (TPSA) is 82.2 Å². The van der Waals surface area contributed by atoms with Gasteiger partial charge in [0.15, 0.2) is 11.0 Å². The summed E-state index contributed by atoms with van der Waals surface area (Å²) in [7, 11) is 1.62. The summed E-state index contributed by atoms with van der Waals surface area (Å²) in [5.41, 5.74) is 1.53. The van der Waals surface area contributed by atoms with E-state index in [-0.39, 0.29) is 11.7 Å². The molecule has 0 atom stereocenters. The molecule has 2 aromatic heterocycles. The van der Waals surface area contributed by atoms with Gasteiger partial charge in [0.25, 0.3) is 0 Å². The maximum absolute atomic E-state index is 12.4. The number of hydrogen-bond donors (Lipinski definition) is 1. The summed E-state index contributed by atoms with van der Waals surface area (Å²) in [6.45, 7) is 0.444. The van der Waals surface area contributed by atoms with Gasteiger partial charge in [-0.3, -0.25) is 9.36 Å². The molecule has 1 N–H and O–H groups in total. The SMILES string of the molecule is COc1ccc(-c2nnc(SCC(=O)Nc3cccc(Cl)c3)n2Cc2ccco2)cc1. The Morgan fingerprint density at radius 3 is 2.71 bits per heavy atom. The number of rotatable bonds is 8. The molecule has 4 aromatic rings. The molecule has 1 amide bonds. The molecule has 0 radical (unpaired) electrons. The highest BCUT2D eigenvalue weighted by atomic mass is 35.5. The smallest absolute Gasteiger partial charge is 0.234 e. The van der Waals surface area contributed by atoms with E-state index in [1.54, 1.807) is 37.6 Å². The third-order valence-electron chi connectivity index (χ3n) is 4.40. The summed E-state index contributed by atoms with van der Waals surface area (Å²) in [4.78, 5) is 12.4. The maximum Gasteiger partial charge on any atom is 0.234 e. The molecule has 4 rings (SSSR count). The Kier molecular flexibility index (Phi) is 6.59. The van der Waals surface area contributed by atoms with Crippen LogP contribution in [0.5, 0.6) is 5.75 Å². The fourth-order valence-electron chi connectivity index (χ4n) is 2.94. The highest BCUT2D eigenvalue weighted by Gasteiger charge is 2.17. The highest BCUT2D eigenvalue weighted by molar-refractivity contribution is 7.99. The zero-order valence-corrected chi connectivity index (χ0v) is 18.2. The van der Waals surface area contributed by atoms with Crippen molar-refractivity contribution < 1.29 is 13.9 Å². The molecular formula is C22H19ClN4O3S. The number of amides is 1. The quantitative estimate of drug-likeness (QED) is 0.378. The standard InChI is InChI=1S/C22H19ClN4O3S/c1-29-18-9-7-15(8-10-18)21-25-26-22(27(21)13-19-6-3-11-30-19)31-14-20(28)24-17-5-2-4-16(23)12-17/h2-12H,13-14H2,1H3,(H,24,28). The van der Waals surface area contributed by atoms with Gasteiger partial charge in [-0.1, -0.05) is 29.4 Å². The van der Waals surface area contributed by atoms with Crippen LogP contribution in [0, 0.1) is 0 Å². The van der Waals surface area contributed by atoms with Crippen LogP contribution in [-0.2, 0) is 11.3 Å². The number of anilines is 1. The number of thioether (sulfide) groups is 1. The first-order chi connectivity index (χ1) is 15.1. The summed E-state index contributed by atoms with van der Waals surface area (Å²) in [6.07, 6.45) is 1.62. The van der Waals surface area contributed by atoms with Crippen molar-refractivity contribution in [1.82, 2.24) is 14.8 Å². The van der Waals surface area contributed by atoms with Crippen molar-refractivity contribution >= 4 is 35.0 Å². The van der Waals surface area contributed by atoms with Crippen molar-refractivity contribution in [3.8, 4) is 17.1 Å². The number of methoxy groups -OCH3 is 1. The Balaban J connectivity index is 1.53. The number of benzene rings is 2. The van der Waals surface area contributed by atoms with Crippen LogP contribution in [0.15, 0.2) is 76.5 Å². The van der Waals surface area contributed by atoms with E-state index in [0.717, 1.165) is 17.1 Å². The predicted molar refractivity (Wildman–Crippen MR) is 121 cm³/mol. The van der Waals surface area contributed by atoms with Gasteiger partial charge in [-0.15, -0.1) is 10.2 Å². The Bertz CT molecular complexity index is 1160. The first-order valence-corrected chi connectivity index (χ1v) is 10.8. The Morgan fingerprint density at radius 2 is 2.00 bits per heavy atom. The molecule has 31 heavy (non-hydrogen) atoms. The van der Waals surface area contributed by atoms with Crippen LogP contribution >= 0.6 is 23.4 Å². The molecule has 9 heteroatoms. The lowest BCUT2D eigenvalue weighted by atomic mass is 10.2. The minimum atomic E-state index is -0.161. The van der Waals surface area contributed by atoms with E-state index < -0.39 is 0 Å². The predicted octanol–water partition coefficient (Wildman–Crippen LogP) is 4.98. The van der Waals surface area contributed by atoms with Crippen LogP contribution in [0.2, 0.25) is 5.02 Å². The maximum atomic E-state index is 12.4. The average molecular weight is 455 g/mol. The molecule has 0 fully saturated rings. The molecule has 0 aliphatic rings. The zero-order chi connectivity index (χ0) is 21.6. The molecule has 0 saturated heterocycles. The number of nitrogens with one attached hydrogen (secondary N) is 1. The van der Waals surface area contributed by atoms with E-state index in [1.165, 1.54) is 11.8 Å². The van der Waals surface area contributed by atoms with Crippen molar-refractivity contribution in [2.24, 2.45) is 0 Å². The second kappa shape index (κ2) is 9.72. The monoisotopic (exact) mass is 454 g/mol. The van der Waals surface area contributed by atoms with Crippen LogP contribution in [0.4, 0.5) is 5.69 Å². The number of nitrogens with zero attached hydrogens (tertiary/aromatic N) is 3. The lowest BCUT2D eigenvalue weighted by Crippen LogP contribution is -2.14. The zero-order valence-electron chi connectivity index (χ0n) is 16.6. The van der Waals surface area contributed by atoms with Crippen molar-refractivity contribution in [3.63, 3.8) is 0 Å². The second-order valence-electron chi connectivity index (χ2n) is 6.55. The van der Waals surface area contributed by atoms with Crippen molar-refractivity contribution in [2.45, 2.75) is 11.7 Å². The highest BCUT2D eigenvalue weighted by Crippen LogP contribution is 2.27. The lowest BCUT2D eigenvalue weighted by Gasteiger charge is -2.10. The van der Waals surface area contributed by atoms with E-state index in [4.69, 9.17) is 20.8 Å². The number of hydrogen-bond acceptors (Lipinski definition) is 6. The van der Waals surface area contributed by atoms with Gasteiger partial charge in [0.1, 0.15) is 11.5 Å². The summed E-state index contributed by atoms with van der Waals surface area (Å²) < 4.78 is 12.7. The van der Waals surface area contributed by atoms with Gasteiger partial charge >= 0.3 is 0 Å². The largest absolute Gasteiger partial charge is 0.497 e. The summed E-state index contributed by atoms with van der Waals surface area (Å²) in [5.74, 6) is 2.21. The van der Waals surface area contributed by atoms with Crippen molar-refractivity contribution in [1.29, 1.82) is 0 Å². The van der Waals surface area contributed by atoms with Crippen molar-refractivity contribution in [2.75, 3.05) is 18.2 Å². The first-order valence-electron chi connectivity index (χ1n) is 9.40. The van der Waals surface area contributed by atoms with Crippen LogP contribution < -0.4 is 10.1 Å². The van der Waals surface area contributed by atoms with Crippen LogP contribution in [0.1, 0.15) is 5.76 Å². The fraction of sp³-hybridized carbons (Fsp3) is 0.136. The van der Waals surface area contributed by atoms with E-state index in [1.807, 2.05) is 41.0 Å². The molecular weight excluding hydrogens is 436 g/mol. The van der Waals surface area contributed by atoms with E-state index in [2.05, 4.69) is 15.5 Å². The van der Waals surface area contributed by atoms with E-state index >= 15 is 0 Å². The fourth-order valence-corrected chi connectivity index (χ4v) is 3.87. The second-order valence-corrected chi connectivity index (χ2v) is 7.93. The number of furan rings is 1. The van der Waals surface area contributed by atoms with E-state index in [9.17, 15) is 4.79 Å². The molecule has 0 bridgehead atoms. The summed E-state index contributed by atoms with van der Waals surface area (Å²) >= 11 is 7.28. The summed E-state index contributed by atoms with van der Waals surface area (Å²) in [5, 5.41) is 12.7. The van der Waals surface area contributed by atoms with Gasteiger partial charge in [0.2, 0.25) is 5.91 Å². The van der Waals surface area contributed by atoms with Gasteiger partial charge < -0.3 is 14.5 Å². The molecule has 2 heterocycles. The molecule has 0 unspecified atom stereocenters. The number of carbonyl (C=O) groups excluding carboxylic acids is 1. The molecule has 0 spiro atoms. The molecule has 2 aromatic carbocycles. The molecule has 0 saturated carbocycles. The van der Waals surface area contributed by atoms with E-state index in [0.29, 0.717) is 28.2 Å². The van der Waals surface area contributed by atoms with Crippen LogP contribution in [0.25, 0.3) is 11.4 Å². The summed E-state index contributed by atoms with van der Waals surface area (Å²) in [6, 6.07) is 18.3. The number of ether oxygens (including phenoxy) is 1. The van der Waals surface area contributed by atoms with Gasteiger partial charge in [-0.25, -0.2) is 0 Å². The van der Waals surface area contributed by atoms with Gasteiger partial charge in [-0.2, -0.15) is 0 Å². The molecule has 0 aliphatic heterocycles. The lowest BCUT2D eigenvalue weighted by molar-refractivity contribution is -0.113. The Morgan fingerprint density at radius 1 is 1.16 bits per heavy atom. The molecule has 158 valence electrons. The number of carbonyl (C=O) groups is 1. The normalized spacial score (nSPS) is 10.8. The molecule has 7 nitrogen and oxygen atoms in total. The van der Waals surface area contributed by atoms with Gasteiger partial charge in [-0.05, 0) is 54.6 Å². The van der Waals surface area contributed by atoms with Gasteiger partial charge in [0.05, 0.1) is 25.7 Å². The third-order valence-corrected chi connectivity index (χ3v) is 5.60. The minimum Gasteiger partial charge on any atom is -0.497 e. The first kappa shape index (κ1) is 21.0. The minimum absolute atomic E-state index is 0.161. The number of halogens is 1.